The quantitative estimate of drug-likeness (QED) is 0.783. The Morgan fingerprint density at radius 3 is 1.05 bits per heavy atom. The summed E-state index contributed by atoms with van der Waals surface area (Å²) in [4.78, 5) is 0. The van der Waals surface area contributed by atoms with Gasteiger partial charge in [-0.2, -0.15) is 21.0 Å². The topological polar surface area (TPSA) is 95.2 Å². The standard InChI is InChI=1S/C16H14N4/c17-9-5-15(6-10-18)13-1-2-14(4-3-13)16(7-11-19)8-12-20/h1-4,15-16H,5-8H2. The van der Waals surface area contributed by atoms with Crippen molar-refractivity contribution in [3.8, 4) is 24.3 Å². The Hall–Kier alpha value is -2.82. The second kappa shape index (κ2) is 8.31. The molecule has 1 aromatic rings. The van der Waals surface area contributed by atoms with Crippen molar-refractivity contribution < 1.29 is 0 Å². The highest BCUT2D eigenvalue weighted by molar-refractivity contribution is 5.29. The number of benzene rings is 1. The minimum absolute atomic E-state index is 0.0792. The summed E-state index contributed by atoms with van der Waals surface area (Å²) >= 11 is 0. The summed E-state index contributed by atoms with van der Waals surface area (Å²) in [5.74, 6) is -0.158. The van der Waals surface area contributed by atoms with Crippen molar-refractivity contribution in [2.45, 2.75) is 37.5 Å². The van der Waals surface area contributed by atoms with Crippen LogP contribution in [0.5, 0.6) is 0 Å². The van der Waals surface area contributed by atoms with E-state index in [0.29, 0.717) is 25.7 Å². The molecule has 0 spiro atoms. The minimum atomic E-state index is -0.0792. The van der Waals surface area contributed by atoms with Crippen LogP contribution in [0, 0.1) is 45.3 Å². The summed E-state index contributed by atoms with van der Waals surface area (Å²) in [6, 6.07) is 15.9. The van der Waals surface area contributed by atoms with Crippen molar-refractivity contribution >= 4 is 0 Å². The van der Waals surface area contributed by atoms with Crippen LogP contribution in [-0.4, -0.2) is 0 Å². The van der Waals surface area contributed by atoms with Gasteiger partial charge < -0.3 is 0 Å². The third-order valence-electron chi connectivity index (χ3n) is 3.23. The fourth-order valence-corrected chi connectivity index (χ4v) is 2.10. The fraction of sp³-hybridized carbons (Fsp3) is 0.375. The molecule has 0 unspecified atom stereocenters. The van der Waals surface area contributed by atoms with Gasteiger partial charge in [0.05, 0.1) is 24.3 Å². The Morgan fingerprint density at radius 2 is 0.850 bits per heavy atom. The van der Waals surface area contributed by atoms with Crippen LogP contribution in [-0.2, 0) is 0 Å². The molecule has 0 saturated carbocycles. The maximum absolute atomic E-state index is 8.78. The minimum Gasteiger partial charge on any atom is -0.198 e. The zero-order valence-electron chi connectivity index (χ0n) is 11.1. The van der Waals surface area contributed by atoms with E-state index in [1.54, 1.807) is 0 Å². The molecule has 20 heavy (non-hydrogen) atoms. The molecule has 0 heterocycles. The normalized spacial score (nSPS) is 9.50. The fourth-order valence-electron chi connectivity index (χ4n) is 2.10. The Labute approximate surface area is 119 Å². The van der Waals surface area contributed by atoms with E-state index in [0.717, 1.165) is 11.1 Å². The monoisotopic (exact) mass is 262 g/mol. The first-order valence-electron chi connectivity index (χ1n) is 6.34. The summed E-state index contributed by atoms with van der Waals surface area (Å²) < 4.78 is 0. The lowest BCUT2D eigenvalue weighted by Gasteiger charge is -2.14. The molecule has 0 amide bonds. The molecule has 0 aromatic heterocycles. The predicted octanol–water partition coefficient (Wildman–Crippen LogP) is 3.51. The van der Waals surface area contributed by atoms with Gasteiger partial charge in [0.25, 0.3) is 0 Å². The third kappa shape index (κ3) is 4.13. The van der Waals surface area contributed by atoms with Crippen LogP contribution in [0.15, 0.2) is 24.3 Å². The highest BCUT2D eigenvalue weighted by Gasteiger charge is 2.14. The Balaban J connectivity index is 2.92. The van der Waals surface area contributed by atoms with Gasteiger partial charge in [0.1, 0.15) is 0 Å². The molecule has 98 valence electrons. The molecule has 0 fully saturated rings. The first-order chi connectivity index (χ1) is 9.76. The molecule has 0 atom stereocenters. The van der Waals surface area contributed by atoms with Crippen LogP contribution in [0.2, 0.25) is 0 Å². The van der Waals surface area contributed by atoms with E-state index < -0.39 is 0 Å². The molecule has 4 heteroatoms. The van der Waals surface area contributed by atoms with E-state index in [-0.39, 0.29) is 11.8 Å². The predicted molar refractivity (Wildman–Crippen MR) is 72.8 cm³/mol. The SMILES string of the molecule is N#CCC(CC#N)c1ccc(C(CC#N)CC#N)cc1. The number of hydrogen-bond acceptors (Lipinski definition) is 4. The number of nitriles is 4. The van der Waals surface area contributed by atoms with Gasteiger partial charge in [-0.15, -0.1) is 0 Å². The van der Waals surface area contributed by atoms with E-state index in [4.69, 9.17) is 21.0 Å². The van der Waals surface area contributed by atoms with Crippen LogP contribution in [0.1, 0.15) is 48.6 Å². The van der Waals surface area contributed by atoms with Crippen molar-refractivity contribution in [3.63, 3.8) is 0 Å². The maximum Gasteiger partial charge on any atom is 0.0628 e. The van der Waals surface area contributed by atoms with Gasteiger partial charge in [0.2, 0.25) is 0 Å². The van der Waals surface area contributed by atoms with E-state index in [1.807, 2.05) is 24.3 Å². The molecule has 0 aliphatic carbocycles. The van der Waals surface area contributed by atoms with Crippen molar-refractivity contribution in [1.82, 2.24) is 0 Å². The highest BCUT2D eigenvalue weighted by atomic mass is 14.3. The molecule has 1 aromatic carbocycles. The van der Waals surface area contributed by atoms with Crippen LogP contribution in [0.3, 0.4) is 0 Å². The second-order valence-corrected chi connectivity index (χ2v) is 4.51. The van der Waals surface area contributed by atoms with Crippen LogP contribution in [0.4, 0.5) is 0 Å². The van der Waals surface area contributed by atoms with Gasteiger partial charge in [-0.3, -0.25) is 0 Å². The summed E-state index contributed by atoms with van der Waals surface area (Å²) in [6.07, 6.45) is 1.25. The van der Waals surface area contributed by atoms with Crippen LogP contribution >= 0.6 is 0 Å². The van der Waals surface area contributed by atoms with Gasteiger partial charge in [-0.25, -0.2) is 0 Å². The van der Waals surface area contributed by atoms with Gasteiger partial charge in [-0.1, -0.05) is 24.3 Å². The first kappa shape index (κ1) is 15.2. The first-order valence-corrected chi connectivity index (χ1v) is 6.34. The Kier molecular flexibility index (Phi) is 6.33. The lowest BCUT2D eigenvalue weighted by Crippen LogP contribution is -2.00. The summed E-state index contributed by atoms with van der Waals surface area (Å²) in [5, 5.41) is 35.1. The number of hydrogen-bond donors (Lipinski definition) is 0. The lowest BCUT2D eigenvalue weighted by molar-refractivity contribution is 0.712. The summed E-state index contributed by atoms with van der Waals surface area (Å²) in [6.45, 7) is 0. The second-order valence-electron chi connectivity index (χ2n) is 4.51. The average molecular weight is 262 g/mol. The van der Waals surface area contributed by atoms with Crippen molar-refractivity contribution in [3.05, 3.63) is 35.4 Å². The molecule has 0 aliphatic rings. The lowest BCUT2D eigenvalue weighted by atomic mass is 9.89. The Morgan fingerprint density at radius 1 is 0.600 bits per heavy atom. The van der Waals surface area contributed by atoms with E-state index in [1.165, 1.54) is 0 Å². The smallest absolute Gasteiger partial charge is 0.0628 e. The zero-order valence-corrected chi connectivity index (χ0v) is 11.1. The largest absolute Gasteiger partial charge is 0.198 e. The van der Waals surface area contributed by atoms with Gasteiger partial charge >= 0.3 is 0 Å². The van der Waals surface area contributed by atoms with E-state index in [9.17, 15) is 0 Å². The van der Waals surface area contributed by atoms with Crippen LogP contribution in [0.25, 0.3) is 0 Å². The van der Waals surface area contributed by atoms with E-state index >= 15 is 0 Å². The average Bonchev–Trinajstić information content (AvgIpc) is 2.47. The molecule has 0 N–H and O–H groups in total. The molecule has 4 nitrogen and oxygen atoms in total. The maximum atomic E-state index is 8.78. The van der Waals surface area contributed by atoms with Crippen molar-refractivity contribution in [2.24, 2.45) is 0 Å². The van der Waals surface area contributed by atoms with E-state index in [2.05, 4.69) is 24.3 Å². The highest BCUT2D eigenvalue weighted by Crippen LogP contribution is 2.27. The van der Waals surface area contributed by atoms with Gasteiger partial charge in [0, 0.05) is 37.5 Å². The van der Waals surface area contributed by atoms with Crippen molar-refractivity contribution in [2.75, 3.05) is 0 Å². The summed E-state index contributed by atoms with van der Waals surface area (Å²) in [7, 11) is 0. The molecule has 1 rings (SSSR count). The van der Waals surface area contributed by atoms with Gasteiger partial charge in [0.15, 0.2) is 0 Å². The summed E-state index contributed by atoms with van der Waals surface area (Å²) in [5.41, 5.74) is 1.90. The van der Waals surface area contributed by atoms with Gasteiger partial charge in [-0.05, 0) is 11.1 Å². The number of nitrogens with zero attached hydrogens (tertiary/aromatic N) is 4. The van der Waals surface area contributed by atoms with Crippen molar-refractivity contribution in [1.29, 1.82) is 21.0 Å². The molecule has 0 saturated heterocycles. The number of rotatable bonds is 6. The molecule has 0 bridgehead atoms. The third-order valence-corrected chi connectivity index (χ3v) is 3.23. The molecular weight excluding hydrogens is 248 g/mol. The molecule has 0 aliphatic heterocycles. The van der Waals surface area contributed by atoms with Crippen LogP contribution < -0.4 is 0 Å². The Bertz CT molecular complexity index is 503. The zero-order chi connectivity index (χ0) is 14.8. The molecular formula is C16H14N4. The molecule has 0 radical (unpaired) electrons.